The van der Waals surface area contributed by atoms with Gasteiger partial charge in [0.25, 0.3) is 0 Å². The zero-order valence-corrected chi connectivity index (χ0v) is 4.51. The molecule has 2 N–H and O–H groups in total. The number of amides is 1. The van der Waals surface area contributed by atoms with Crippen molar-refractivity contribution in [1.29, 1.82) is 0 Å². The van der Waals surface area contributed by atoms with E-state index in [9.17, 15) is 4.79 Å². The van der Waals surface area contributed by atoms with E-state index >= 15 is 0 Å². The fraction of sp³-hybridized carbons (Fsp3) is 0.400. The molecule has 0 saturated heterocycles. The predicted octanol–water partition coefficient (Wildman–Crippen LogP) is 0.276. The van der Waals surface area contributed by atoms with Crippen LogP contribution in [0.5, 0.6) is 0 Å². The van der Waals surface area contributed by atoms with Crippen LogP contribution in [0, 0.1) is 12.3 Å². The van der Waals surface area contributed by atoms with Crippen molar-refractivity contribution in [2.75, 3.05) is 0 Å². The summed E-state index contributed by atoms with van der Waals surface area (Å²) in [5, 5.41) is 10.1. The van der Waals surface area contributed by atoms with Crippen LogP contribution in [0.1, 0.15) is 6.92 Å². The molecule has 0 aliphatic rings. The Morgan fingerprint density at radius 2 is 2.50 bits per heavy atom. The molecular weight excluding hydrogens is 106 g/mol. The van der Waals surface area contributed by atoms with Gasteiger partial charge in [-0.3, -0.25) is 0 Å². The zero-order chi connectivity index (χ0) is 6.57. The Balaban J connectivity index is 3.43. The third kappa shape index (κ3) is 3.04. The average molecular weight is 113 g/mol. The van der Waals surface area contributed by atoms with Crippen molar-refractivity contribution in [1.82, 2.24) is 5.32 Å². The van der Waals surface area contributed by atoms with Crippen molar-refractivity contribution in [3.8, 4) is 12.3 Å². The van der Waals surface area contributed by atoms with E-state index in [0.29, 0.717) is 0 Å². The summed E-state index contributed by atoms with van der Waals surface area (Å²) in [7, 11) is 0. The number of hydrogen-bond acceptors (Lipinski definition) is 1. The van der Waals surface area contributed by atoms with Gasteiger partial charge in [0.15, 0.2) is 0 Å². The van der Waals surface area contributed by atoms with E-state index in [1.807, 2.05) is 0 Å². The van der Waals surface area contributed by atoms with E-state index < -0.39 is 12.1 Å². The van der Waals surface area contributed by atoms with E-state index in [1.54, 1.807) is 6.92 Å². The molecule has 0 aromatic carbocycles. The first kappa shape index (κ1) is 6.83. The Labute approximate surface area is 47.7 Å². The molecule has 0 aliphatic heterocycles. The highest BCUT2D eigenvalue weighted by Crippen LogP contribution is 1.73. The molecule has 3 heteroatoms. The number of carboxylic acid groups (broad SMARTS) is 1. The Hall–Kier alpha value is -1.17. The van der Waals surface area contributed by atoms with Gasteiger partial charge in [-0.15, -0.1) is 6.42 Å². The van der Waals surface area contributed by atoms with Crippen molar-refractivity contribution in [3.63, 3.8) is 0 Å². The maximum absolute atomic E-state index is 9.76. The third-order valence-corrected chi connectivity index (χ3v) is 0.590. The van der Waals surface area contributed by atoms with E-state index in [0.717, 1.165) is 0 Å². The minimum absolute atomic E-state index is 0.396. The Morgan fingerprint density at radius 1 is 2.00 bits per heavy atom. The number of rotatable bonds is 1. The molecule has 0 saturated carbocycles. The average Bonchev–Trinajstić information content (AvgIpc) is 1.65. The van der Waals surface area contributed by atoms with Crippen LogP contribution in [-0.2, 0) is 0 Å². The Bertz CT molecular complexity index is 125. The first-order valence-corrected chi connectivity index (χ1v) is 2.12. The Kier molecular flexibility index (Phi) is 2.49. The second-order valence-electron chi connectivity index (χ2n) is 1.34. The zero-order valence-electron chi connectivity index (χ0n) is 4.51. The van der Waals surface area contributed by atoms with Crippen LogP contribution in [0.2, 0.25) is 0 Å². The molecule has 0 spiro atoms. The molecule has 0 rings (SSSR count). The second kappa shape index (κ2) is 2.92. The summed E-state index contributed by atoms with van der Waals surface area (Å²) >= 11 is 0. The molecule has 3 nitrogen and oxygen atoms in total. The summed E-state index contributed by atoms with van der Waals surface area (Å²) in [6, 6.07) is -0.396. The lowest BCUT2D eigenvalue weighted by Gasteiger charge is -1.99. The monoisotopic (exact) mass is 113 g/mol. The van der Waals surface area contributed by atoms with Gasteiger partial charge >= 0.3 is 6.09 Å². The molecule has 44 valence electrons. The van der Waals surface area contributed by atoms with E-state index in [-0.39, 0.29) is 0 Å². The van der Waals surface area contributed by atoms with Gasteiger partial charge in [-0.05, 0) is 6.92 Å². The summed E-state index contributed by atoms with van der Waals surface area (Å²) in [5.41, 5.74) is 0. The normalized spacial score (nSPS) is 11.5. The molecule has 0 fully saturated rings. The second-order valence-corrected chi connectivity index (χ2v) is 1.34. The summed E-state index contributed by atoms with van der Waals surface area (Å²) in [6.45, 7) is 1.59. The highest BCUT2D eigenvalue weighted by Gasteiger charge is 1.97. The summed E-state index contributed by atoms with van der Waals surface area (Å²) in [4.78, 5) is 9.76. The lowest BCUT2D eigenvalue weighted by molar-refractivity contribution is 0.193. The first-order valence-electron chi connectivity index (χ1n) is 2.12. The van der Waals surface area contributed by atoms with E-state index in [4.69, 9.17) is 11.5 Å². The molecule has 0 heterocycles. The van der Waals surface area contributed by atoms with Crippen LogP contribution in [0.3, 0.4) is 0 Å². The van der Waals surface area contributed by atoms with Gasteiger partial charge < -0.3 is 10.4 Å². The molecule has 0 aromatic rings. The molecule has 0 aliphatic carbocycles. The van der Waals surface area contributed by atoms with Gasteiger partial charge in [0, 0.05) is 0 Å². The van der Waals surface area contributed by atoms with Gasteiger partial charge in [-0.2, -0.15) is 0 Å². The van der Waals surface area contributed by atoms with Crippen LogP contribution >= 0.6 is 0 Å². The van der Waals surface area contributed by atoms with Gasteiger partial charge in [0.05, 0.1) is 6.04 Å². The predicted molar refractivity (Wildman–Crippen MR) is 29.5 cm³/mol. The van der Waals surface area contributed by atoms with Gasteiger partial charge in [-0.1, -0.05) is 5.92 Å². The molecule has 0 unspecified atom stereocenters. The highest BCUT2D eigenvalue weighted by atomic mass is 16.4. The van der Waals surface area contributed by atoms with Gasteiger partial charge in [0.1, 0.15) is 0 Å². The molecule has 0 aromatic heterocycles. The maximum atomic E-state index is 9.76. The molecule has 1 atom stereocenters. The standard InChI is InChI=1S/C5H7NO2/c1-3-4(2)6-5(7)8/h1,4,6H,2H3,(H,7,8)/t4-/m0/s1. The van der Waals surface area contributed by atoms with Crippen molar-refractivity contribution in [2.45, 2.75) is 13.0 Å². The van der Waals surface area contributed by atoms with Gasteiger partial charge in [0.2, 0.25) is 0 Å². The number of hydrogen-bond donors (Lipinski definition) is 2. The number of carbonyl (C=O) groups is 1. The quantitative estimate of drug-likeness (QED) is 0.480. The van der Waals surface area contributed by atoms with Crippen molar-refractivity contribution in [2.24, 2.45) is 0 Å². The van der Waals surface area contributed by atoms with Crippen LogP contribution in [0.15, 0.2) is 0 Å². The minimum Gasteiger partial charge on any atom is -0.465 e. The largest absolute Gasteiger partial charge is 0.465 e. The third-order valence-electron chi connectivity index (χ3n) is 0.590. The number of terminal acetylenes is 1. The first-order chi connectivity index (χ1) is 3.66. The fourth-order valence-corrected chi connectivity index (χ4v) is 0.227. The minimum atomic E-state index is -1.09. The fourth-order valence-electron chi connectivity index (χ4n) is 0.227. The molecule has 0 radical (unpaired) electrons. The van der Waals surface area contributed by atoms with Crippen LogP contribution < -0.4 is 5.32 Å². The van der Waals surface area contributed by atoms with Crippen LogP contribution in [-0.4, -0.2) is 17.2 Å². The Morgan fingerprint density at radius 3 is 2.62 bits per heavy atom. The molecule has 1 amide bonds. The van der Waals surface area contributed by atoms with Gasteiger partial charge in [-0.25, -0.2) is 4.79 Å². The number of nitrogens with one attached hydrogen (secondary N) is 1. The van der Waals surface area contributed by atoms with Crippen LogP contribution in [0.4, 0.5) is 4.79 Å². The lowest BCUT2D eigenvalue weighted by Crippen LogP contribution is -2.29. The molecule has 0 bridgehead atoms. The SMILES string of the molecule is C#C[C@H](C)NC(=O)O. The van der Waals surface area contributed by atoms with E-state index in [2.05, 4.69) is 11.2 Å². The lowest BCUT2D eigenvalue weighted by atomic mass is 10.4. The molecular formula is C5H7NO2. The van der Waals surface area contributed by atoms with Crippen LogP contribution in [0.25, 0.3) is 0 Å². The highest BCUT2D eigenvalue weighted by molar-refractivity contribution is 5.65. The summed E-state index contributed by atoms with van der Waals surface area (Å²) in [6.07, 6.45) is 3.76. The summed E-state index contributed by atoms with van der Waals surface area (Å²) in [5.74, 6) is 2.20. The smallest absolute Gasteiger partial charge is 0.405 e. The van der Waals surface area contributed by atoms with Crippen molar-refractivity contribution >= 4 is 6.09 Å². The van der Waals surface area contributed by atoms with Crippen molar-refractivity contribution in [3.05, 3.63) is 0 Å². The topological polar surface area (TPSA) is 49.3 Å². The summed E-state index contributed by atoms with van der Waals surface area (Å²) < 4.78 is 0. The van der Waals surface area contributed by atoms with Crippen molar-refractivity contribution < 1.29 is 9.90 Å². The maximum Gasteiger partial charge on any atom is 0.405 e. The molecule has 8 heavy (non-hydrogen) atoms. The van der Waals surface area contributed by atoms with E-state index in [1.165, 1.54) is 0 Å².